The van der Waals surface area contributed by atoms with Crippen molar-refractivity contribution in [2.75, 3.05) is 32.2 Å². The van der Waals surface area contributed by atoms with Crippen molar-refractivity contribution in [3.05, 3.63) is 46.7 Å². The van der Waals surface area contributed by atoms with Crippen molar-refractivity contribution in [3.63, 3.8) is 0 Å². The molecule has 2 aromatic heterocycles. The molecule has 0 radical (unpaired) electrons. The molecule has 2 aromatic rings. The van der Waals surface area contributed by atoms with E-state index in [4.69, 9.17) is 9.47 Å². The van der Waals surface area contributed by atoms with Crippen LogP contribution in [-0.4, -0.2) is 48.2 Å². The largest absolute Gasteiger partial charge is 0.453 e. The molecule has 2 rings (SSSR count). The van der Waals surface area contributed by atoms with Crippen LogP contribution in [0.3, 0.4) is 0 Å². The first-order valence-corrected chi connectivity index (χ1v) is 9.02. The number of carbonyl (C=O) groups is 2. The Hall–Kier alpha value is -2.45. The minimum absolute atomic E-state index is 0.180. The van der Waals surface area contributed by atoms with Gasteiger partial charge in [-0.15, -0.1) is 17.9 Å². The fraction of sp³-hybridized carbons (Fsp3) is 0.389. The number of esters is 1. The fourth-order valence-corrected chi connectivity index (χ4v) is 3.19. The number of anilines is 1. The van der Waals surface area contributed by atoms with Gasteiger partial charge in [-0.3, -0.25) is 4.79 Å². The molecule has 0 atom stereocenters. The molecule has 0 aliphatic carbocycles. The van der Waals surface area contributed by atoms with Gasteiger partial charge in [0.05, 0.1) is 6.61 Å². The molecular weight excluding hydrogens is 354 g/mol. The van der Waals surface area contributed by atoms with E-state index in [-0.39, 0.29) is 18.1 Å². The van der Waals surface area contributed by atoms with Crippen LogP contribution in [0.2, 0.25) is 0 Å². The van der Waals surface area contributed by atoms with Gasteiger partial charge in [-0.25, -0.2) is 9.78 Å². The molecule has 8 heteroatoms. The monoisotopic (exact) mass is 377 g/mol. The molecule has 1 N–H and O–H groups in total. The van der Waals surface area contributed by atoms with Crippen molar-refractivity contribution in [1.82, 2.24) is 9.55 Å². The molecule has 0 saturated carbocycles. The number of hydrogen-bond donors (Lipinski definition) is 1. The summed E-state index contributed by atoms with van der Waals surface area (Å²) in [5.74, 6) is -0.857. The first-order chi connectivity index (χ1) is 12.5. The van der Waals surface area contributed by atoms with Crippen LogP contribution in [0.4, 0.5) is 5.13 Å². The van der Waals surface area contributed by atoms with Gasteiger partial charge in [-0.1, -0.05) is 6.08 Å². The molecule has 0 saturated heterocycles. The van der Waals surface area contributed by atoms with E-state index in [9.17, 15) is 9.59 Å². The van der Waals surface area contributed by atoms with E-state index >= 15 is 0 Å². The minimum Gasteiger partial charge on any atom is -0.453 e. The predicted molar refractivity (Wildman–Crippen MR) is 101 cm³/mol. The standard InChI is InChI=1S/C18H23N3O4S/c1-5-6-19-18-20-15(11-26-18)17(23)25-10-16(22)14-9-12(2)21(13(14)3)7-8-24-4/h5,9,11H,1,6-8,10H2,2-4H3,(H,19,20). The molecule has 0 amide bonds. The Balaban J connectivity index is 1.96. The van der Waals surface area contributed by atoms with E-state index in [2.05, 4.69) is 16.9 Å². The molecule has 0 fully saturated rings. The van der Waals surface area contributed by atoms with Gasteiger partial charge in [-0.2, -0.15) is 0 Å². The van der Waals surface area contributed by atoms with Crippen molar-refractivity contribution in [3.8, 4) is 0 Å². The number of nitrogens with one attached hydrogen (secondary N) is 1. The zero-order chi connectivity index (χ0) is 19.1. The predicted octanol–water partition coefficient (Wildman–Crippen LogP) is 2.85. The molecule has 0 unspecified atom stereocenters. The number of Topliss-reactive ketones (excluding diaryl/α,β-unsaturated/α-hetero) is 1. The number of hydrogen-bond acceptors (Lipinski definition) is 7. The van der Waals surface area contributed by atoms with Gasteiger partial charge in [0, 0.05) is 42.5 Å². The molecule has 2 heterocycles. The van der Waals surface area contributed by atoms with Crippen LogP contribution in [0.1, 0.15) is 32.2 Å². The molecule has 0 bridgehead atoms. The SMILES string of the molecule is C=CCNc1nc(C(=O)OCC(=O)c2cc(C)n(CCOC)c2C)cs1. The van der Waals surface area contributed by atoms with Crippen molar-refractivity contribution < 1.29 is 19.1 Å². The van der Waals surface area contributed by atoms with Crippen molar-refractivity contribution in [2.45, 2.75) is 20.4 Å². The highest BCUT2D eigenvalue weighted by molar-refractivity contribution is 7.13. The Bertz CT molecular complexity index is 794. The van der Waals surface area contributed by atoms with Crippen LogP contribution < -0.4 is 5.32 Å². The summed E-state index contributed by atoms with van der Waals surface area (Å²) < 4.78 is 12.2. The zero-order valence-corrected chi connectivity index (χ0v) is 16.0. The normalized spacial score (nSPS) is 10.6. The summed E-state index contributed by atoms with van der Waals surface area (Å²) in [5, 5.41) is 5.19. The number of methoxy groups -OCH3 is 1. The molecule has 0 aromatic carbocycles. The zero-order valence-electron chi connectivity index (χ0n) is 15.2. The third-order valence-electron chi connectivity index (χ3n) is 3.84. The summed E-state index contributed by atoms with van der Waals surface area (Å²) in [4.78, 5) is 28.6. The van der Waals surface area contributed by atoms with Gasteiger partial charge >= 0.3 is 5.97 Å². The maximum atomic E-state index is 12.4. The molecular formula is C18H23N3O4S. The van der Waals surface area contributed by atoms with Crippen LogP contribution in [0.5, 0.6) is 0 Å². The van der Waals surface area contributed by atoms with Crippen molar-refractivity contribution in [1.29, 1.82) is 0 Å². The summed E-state index contributed by atoms with van der Waals surface area (Å²) in [6.07, 6.45) is 1.70. The summed E-state index contributed by atoms with van der Waals surface area (Å²) >= 11 is 1.29. The quantitative estimate of drug-likeness (QED) is 0.389. The van der Waals surface area contributed by atoms with Crippen LogP contribution in [0.15, 0.2) is 24.1 Å². The van der Waals surface area contributed by atoms with Crippen LogP contribution in [0, 0.1) is 13.8 Å². The smallest absolute Gasteiger partial charge is 0.358 e. The number of carbonyl (C=O) groups excluding carboxylic acids is 2. The molecule has 140 valence electrons. The molecule has 0 aliphatic rings. The van der Waals surface area contributed by atoms with Crippen LogP contribution in [-0.2, 0) is 16.0 Å². The maximum absolute atomic E-state index is 12.4. The third kappa shape index (κ3) is 4.80. The van der Waals surface area contributed by atoms with Gasteiger partial charge in [0.2, 0.25) is 5.78 Å². The Kier molecular flexibility index (Phi) is 7.11. The number of ketones is 1. The number of aromatic nitrogens is 2. The lowest BCUT2D eigenvalue weighted by molar-refractivity contribution is 0.0469. The number of rotatable bonds is 10. The maximum Gasteiger partial charge on any atom is 0.358 e. The second kappa shape index (κ2) is 9.30. The van der Waals surface area contributed by atoms with Gasteiger partial charge in [0.25, 0.3) is 0 Å². The molecule has 26 heavy (non-hydrogen) atoms. The van der Waals surface area contributed by atoms with Crippen LogP contribution in [0.25, 0.3) is 0 Å². The summed E-state index contributed by atoms with van der Waals surface area (Å²) in [6.45, 7) is 8.87. The van der Waals surface area contributed by atoms with E-state index in [1.54, 1.807) is 24.6 Å². The van der Waals surface area contributed by atoms with E-state index in [1.165, 1.54) is 11.3 Å². The Labute approximate surface area is 156 Å². The number of aryl methyl sites for hydroxylation is 1. The molecule has 0 spiro atoms. The number of thiazole rings is 1. The lowest BCUT2D eigenvalue weighted by Gasteiger charge is -2.08. The van der Waals surface area contributed by atoms with E-state index < -0.39 is 5.97 Å². The first-order valence-electron chi connectivity index (χ1n) is 8.14. The van der Waals surface area contributed by atoms with E-state index in [0.717, 1.165) is 11.4 Å². The summed E-state index contributed by atoms with van der Waals surface area (Å²) in [5.41, 5.74) is 2.54. The third-order valence-corrected chi connectivity index (χ3v) is 4.64. The van der Waals surface area contributed by atoms with Crippen molar-refractivity contribution >= 4 is 28.2 Å². The van der Waals surface area contributed by atoms with Gasteiger partial charge in [0.15, 0.2) is 17.4 Å². The highest BCUT2D eigenvalue weighted by Gasteiger charge is 2.19. The lowest BCUT2D eigenvalue weighted by Crippen LogP contribution is -2.16. The summed E-state index contributed by atoms with van der Waals surface area (Å²) in [7, 11) is 1.64. The second-order valence-electron chi connectivity index (χ2n) is 5.64. The van der Waals surface area contributed by atoms with E-state index in [0.29, 0.717) is 30.4 Å². The fourth-order valence-electron chi connectivity index (χ4n) is 2.50. The highest BCUT2D eigenvalue weighted by atomic mass is 32.1. The average molecular weight is 377 g/mol. The van der Waals surface area contributed by atoms with Crippen LogP contribution >= 0.6 is 11.3 Å². The average Bonchev–Trinajstić information content (AvgIpc) is 3.21. The Morgan fingerprint density at radius 2 is 2.19 bits per heavy atom. The summed E-state index contributed by atoms with van der Waals surface area (Å²) in [6, 6.07) is 1.81. The minimum atomic E-state index is -0.616. The second-order valence-corrected chi connectivity index (χ2v) is 6.49. The number of ether oxygens (including phenoxy) is 2. The van der Waals surface area contributed by atoms with E-state index in [1.807, 2.05) is 18.4 Å². The van der Waals surface area contributed by atoms with Gasteiger partial charge in [-0.05, 0) is 19.9 Å². The molecule has 0 aliphatic heterocycles. The first kappa shape index (κ1) is 19.9. The van der Waals surface area contributed by atoms with Gasteiger partial charge < -0.3 is 19.4 Å². The van der Waals surface area contributed by atoms with Gasteiger partial charge in [0.1, 0.15) is 0 Å². The Morgan fingerprint density at radius 1 is 1.42 bits per heavy atom. The molecule has 7 nitrogen and oxygen atoms in total. The topological polar surface area (TPSA) is 82.5 Å². The highest BCUT2D eigenvalue weighted by Crippen LogP contribution is 2.18. The lowest BCUT2D eigenvalue weighted by atomic mass is 10.1. The number of nitrogens with zero attached hydrogens (tertiary/aromatic N) is 2. The Morgan fingerprint density at radius 3 is 2.88 bits per heavy atom. The van der Waals surface area contributed by atoms with Crippen molar-refractivity contribution in [2.24, 2.45) is 0 Å².